The molecule has 3 aromatic rings. The lowest BCUT2D eigenvalue weighted by molar-refractivity contribution is -0.131. The second-order valence-corrected chi connectivity index (χ2v) is 7.42. The second kappa shape index (κ2) is 6.82. The molecule has 8 heteroatoms. The molecule has 1 amide bonds. The van der Waals surface area contributed by atoms with E-state index < -0.39 is 0 Å². The van der Waals surface area contributed by atoms with Gasteiger partial charge >= 0.3 is 0 Å². The zero-order valence-electron chi connectivity index (χ0n) is 13.8. The third kappa shape index (κ3) is 2.99. The molecule has 126 valence electrons. The van der Waals surface area contributed by atoms with Crippen LogP contribution in [0.1, 0.15) is 18.9 Å². The summed E-state index contributed by atoms with van der Waals surface area (Å²) in [7, 11) is 0. The molecule has 24 heavy (non-hydrogen) atoms. The fraction of sp³-hybridized carbons (Fsp3) is 0.375. The normalized spacial score (nSPS) is 11.1. The van der Waals surface area contributed by atoms with Gasteiger partial charge in [0.1, 0.15) is 12.2 Å². The molecule has 0 radical (unpaired) electrons. The monoisotopic (exact) mass is 362 g/mol. The Bertz CT molecular complexity index is 924. The highest BCUT2D eigenvalue weighted by Crippen LogP contribution is 2.31. The zero-order chi connectivity index (χ0) is 17.3. The van der Waals surface area contributed by atoms with Crippen LogP contribution in [0.5, 0.6) is 0 Å². The molecule has 0 aromatic carbocycles. The van der Waals surface area contributed by atoms with E-state index in [1.807, 2.05) is 38.3 Å². The SMILES string of the molecule is CCN(CC)C(=O)Cn1nc(-c2cccs2)c2sc(C)nc2c1=O. The summed E-state index contributed by atoms with van der Waals surface area (Å²) in [5, 5.41) is 7.26. The van der Waals surface area contributed by atoms with Crippen molar-refractivity contribution in [2.75, 3.05) is 13.1 Å². The van der Waals surface area contributed by atoms with Gasteiger partial charge in [0.15, 0.2) is 5.52 Å². The minimum absolute atomic E-state index is 0.0641. The van der Waals surface area contributed by atoms with E-state index in [4.69, 9.17) is 0 Å². The first kappa shape index (κ1) is 16.8. The Kier molecular flexibility index (Phi) is 4.77. The number of aromatic nitrogens is 3. The van der Waals surface area contributed by atoms with Crippen molar-refractivity contribution in [2.45, 2.75) is 27.3 Å². The van der Waals surface area contributed by atoms with Crippen molar-refractivity contribution in [3.8, 4) is 10.6 Å². The van der Waals surface area contributed by atoms with Crippen molar-refractivity contribution in [1.82, 2.24) is 19.7 Å². The van der Waals surface area contributed by atoms with E-state index in [9.17, 15) is 9.59 Å². The van der Waals surface area contributed by atoms with Gasteiger partial charge in [-0.1, -0.05) is 6.07 Å². The van der Waals surface area contributed by atoms with E-state index >= 15 is 0 Å². The lowest BCUT2D eigenvalue weighted by Gasteiger charge is -2.18. The van der Waals surface area contributed by atoms with Crippen molar-refractivity contribution in [2.24, 2.45) is 0 Å². The molecular weight excluding hydrogens is 344 g/mol. The molecule has 0 fully saturated rings. The number of fused-ring (bicyclic) bond motifs is 1. The van der Waals surface area contributed by atoms with Crippen LogP contribution in [0, 0.1) is 6.92 Å². The highest BCUT2D eigenvalue weighted by Gasteiger charge is 2.19. The third-order valence-corrected chi connectivity index (χ3v) is 5.62. The number of hydrogen-bond acceptors (Lipinski definition) is 6. The maximum absolute atomic E-state index is 12.7. The molecule has 0 aliphatic heterocycles. The van der Waals surface area contributed by atoms with Crippen LogP contribution in [0.4, 0.5) is 0 Å². The number of carbonyl (C=O) groups excluding carboxylic acids is 1. The molecule has 0 bridgehead atoms. The molecule has 3 heterocycles. The molecule has 3 aromatic heterocycles. The quantitative estimate of drug-likeness (QED) is 0.700. The molecule has 0 N–H and O–H groups in total. The van der Waals surface area contributed by atoms with Crippen LogP contribution in [0.15, 0.2) is 22.3 Å². The Balaban J connectivity index is 2.13. The summed E-state index contributed by atoms with van der Waals surface area (Å²) in [6.45, 7) is 6.86. The summed E-state index contributed by atoms with van der Waals surface area (Å²) in [5.41, 5.74) is 0.802. The van der Waals surface area contributed by atoms with Gasteiger partial charge in [0, 0.05) is 13.1 Å². The van der Waals surface area contributed by atoms with Gasteiger partial charge in [-0.2, -0.15) is 5.10 Å². The Morgan fingerprint density at radius 3 is 2.71 bits per heavy atom. The van der Waals surface area contributed by atoms with Gasteiger partial charge in [0.25, 0.3) is 5.56 Å². The molecular formula is C16H18N4O2S2. The van der Waals surface area contributed by atoms with Crippen LogP contribution in [-0.2, 0) is 11.3 Å². The van der Waals surface area contributed by atoms with Crippen molar-refractivity contribution in [3.05, 3.63) is 32.9 Å². The van der Waals surface area contributed by atoms with Crippen LogP contribution in [-0.4, -0.2) is 38.7 Å². The number of hydrogen-bond donors (Lipinski definition) is 0. The van der Waals surface area contributed by atoms with Gasteiger partial charge in [-0.05, 0) is 32.2 Å². The number of amides is 1. The molecule has 0 saturated heterocycles. The molecule has 3 rings (SSSR count). The second-order valence-electron chi connectivity index (χ2n) is 5.27. The molecule has 0 aliphatic rings. The molecule has 0 saturated carbocycles. The Labute approximate surface area is 147 Å². The fourth-order valence-corrected chi connectivity index (χ4v) is 4.24. The van der Waals surface area contributed by atoms with E-state index in [1.165, 1.54) is 16.0 Å². The first-order valence-electron chi connectivity index (χ1n) is 7.75. The van der Waals surface area contributed by atoms with Crippen LogP contribution in [0.25, 0.3) is 20.8 Å². The smallest absolute Gasteiger partial charge is 0.294 e. The van der Waals surface area contributed by atoms with Gasteiger partial charge < -0.3 is 4.90 Å². The predicted molar refractivity (Wildman–Crippen MR) is 97.7 cm³/mol. The maximum atomic E-state index is 12.7. The molecule has 6 nitrogen and oxygen atoms in total. The van der Waals surface area contributed by atoms with Crippen LogP contribution < -0.4 is 5.56 Å². The summed E-state index contributed by atoms with van der Waals surface area (Å²) in [5.74, 6) is -0.113. The summed E-state index contributed by atoms with van der Waals surface area (Å²) in [4.78, 5) is 32.1. The summed E-state index contributed by atoms with van der Waals surface area (Å²) >= 11 is 3.01. The standard InChI is InChI=1S/C16H18N4O2S2/c1-4-19(5-2)12(21)9-20-16(22)14-15(24-10(3)17-14)13(18-20)11-7-6-8-23-11/h6-8H,4-5,9H2,1-3H3. The van der Waals surface area contributed by atoms with E-state index in [0.717, 1.165) is 20.3 Å². The van der Waals surface area contributed by atoms with Gasteiger partial charge in [-0.25, -0.2) is 9.67 Å². The van der Waals surface area contributed by atoms with Crippen LogP contribution in [0.2, 0.25) is 0 Å². The van der Waals surface area contributed by atoms with Crippen LogP contribution in [0.3, 0.4) is 0 Å². The van der Waals surface area contributed by atoms with E-state index in [-0.39, 0.29) is 18.0 Å². The summed E-state index contributed by atoms with van der Waals surface area (Å²) < 4.78 is 2.03. The molecule has 0 unspecified atom stereocenters. The number of thiophene rings is 1. The number of nitrogens with zero attached hydrogens (tertiary/aromatic N) is 4. The van der Waals surface area contributed by atoms with E-state index in [2.05, 4.69) is 10.1 Å². The average molecular weight is 362 g/mol. The Hall–Kier alpha value is -2.06. The fourth-order valence-electron chi connectivity index (χ4n) is 2.55. The Morgan fingerprint density at radius 2 is 2.08 bits per heavy atom. The molecule has 0 spiro atoms. The summed E-state index contributed by atoms with van der Waals surface area (Å²) in [6, 6.07) is 3.90. The Morgan fingerprint density at radius 1 is 1.33 bits per heavy atom. The minimum Gasteiger partial charge on any atom is -0.342 e. The van der Waals surface area contributed by atoms with Crippen molar-refractivity contribution < 1.29 is 4.79 Å². The van der Waals surface area contributed by atoms with Gasteiger partial charge in [-0.15, -0.1) is 22.7 Å². The number of likely N-dealkylation sites (N-methyl/N-ethyl adjacent to an activating group) is 1. The van der Waals surface area contributed by atoms with E-state index in [0.29, 0.717) is 18.6 Å². The highest BCUT2D eigenvalue weighted by atomic mass is 32.1. The van der Waals surface area contributed by atoms with Gasteiger partial charge in [0.05, 0.1) is 14.6 Å². The number of carbonyl (C=O) groups is 1. The minimum atomic E-state index is -0.310. The van der Waals surface area contributed by atoms with Crippen LogP contribution >= 0.6 is 22.7 Å². The maximum Gasteiger partial charge on any atom is 0.294 e. The first-order chi connectivity index (χ1) is 11.5. The number of aryl methyl sites for hydroxylation is 1. The predicted octanol–water partition coefficient (Wildman–Crippen LogP) is 2.76. The van der Waals surface area contributed by atoms with Gasteiger partial charge in [0.2, 0.25) is 5.91 Å². The lowest BCUT2D eigenvalue weighted by atomic mass is 10.3. The number of rotatable bonds is 5. The van der Waals surface area contributed by atoms with E-state index in [1.54, 1.807) is 16.2 Å². The van der Waals surface area contributed by atoms with Crippen molar-refractivity contribution in [1.29, 1.82) is 0 Å². The molecule has 0 atom stereocenters. The van der Waals surface area contributed by atoms with Crippen molar-refractivity contribution >= 4 is 38.8 Å². The highest BCUT2D eigenvalue weighted by molar-refractivity contribution is 7.20. The average Bonchev–Trinajstić information content (AvgIpc) is 3.21. The van der Waals surface area contributed by atoms with Gasteiger partial charge in [-0.3, -0.25) is 9.59 Å². The molecule has 0 aliphatic carbocycles. The van der Waals surface area contributed by atoms with Crippen molar-refractivity contribution in [3.63, 3.8) is 0 Å². The summed E-state index contributed by atoms with van der Waals surface area (Å²) in [6.07, 6.45) is 0. The largest absolute Gasteiger partial charge is 0.342 e. The third-order valence-electron chi connectivity index (χ3n) is 3.76. The number of thiazole rings is 1. The first-order valence-corrected chi connectivity index (χ1v) is 9.44. The zero-order valence-corrected chi connectivity index (χ0v) is 15.4. The topological polar surface area (TPSA) is 68.1 Å². The lowest BCUT2D eigenvalue weighted by Crippen LogP contribution is -2.37.